The van der Waals surface area contributed by atoms with Gasteiger partial charge in [-0.1, -0.05) is 84.4 Å². The van der Waals surface area contributed by atoms with Crippen LogP contribution >= 0.6 is 11.6 Å². The number of benzene rings is 3. The maximum absolute atomic E-state index is 12.8. The molecule has 0 aromatic heterocycles. The minimum atomic E-state index is -1.67. The van der Waals surface area contributed by atoms with Gasteiger partial charge in [-0.25, -0.2) is 4.79 Å². The molecule has 3 aromatic carbocycles. The van der Waals surface area contributed by atoms with E-state index < -0.39 is 17.4 Å². The Morgan fingerprint density at radius 2 is 1.56 bits per heavy atom. The third kappa shape index (κ3) is 4.93. The van der Waals surface area contributed by atoms with E-state index in [9.17, 15) is 14.7 Å². The molecule has 1 aliphatic heterocycles. The number of carboxylic acids is 1. The molecule has 184 valence electrons. The summed E-state index contributed by atoms with van der Waals surface area (Å²) < 4.78 is 0. The Bertz CT molecular complexity index is 1310. The van der Waals surface area contributed by atoms with Gasteiger partial charge < -0.3 is 16.2 Å². The molecule has 4 N–H and O–H groups in total. The van der Waals surface area contributed by atoms with Crippen molar-refractivity contribution in [3.05, 3.63) is 123 Å². The van der Waals surface area contributed by atoms with E-state index in [1.165, 1.54) is 18.1 Å². The van der Waals surface area contributed by atoms with Gasteiger partial charge in [0, 0.05) is 16.6 Å². The van der Waals surface area contributed by atoms with Crippen LogP contribution in [0.25, 0.3) is 5.57 Å². The van der Waals surface area contributed by atoms with Crippen LogP contribution in [0.15, 0.2) is 102 Å². The van der Waals surface area contributed by atoms with Crippen molar-refractivity contribution < 1.29 is 14.7 Å². The predicted octanol–water partition coefficient (Wildman–Crippen LogP) is 5.91. The van der Waals surface area contributed by atoms with E-state index in [2.05, 4.69) is 29.6 Å². The van der Waals surface area contributed by atoms with Crippen molar-refractivity contribution in [3.8, 4) is 0 Å². The summed E-state index contributed by atoms with van der Waals surface area (Å²) in [5.41, 5.74) is 9.30. The van der Waals surface area contributed by atoms with Crippen LogP contribution in [0.4, 0.5) is 0 Å². The van der Waals surface area contributed by atoms with Gasteiger partial charge in [-0.2, -0.15) is 0 Å². The van der Waals surface area contributed by atoms with Gasteiger partial charge in [-0.15, -0.1) is 0 Å². The molecule has 1 unspecified atom stereocenters. The summed E-state index contributed by atoms with van der Waals surface area (Å²) in [6, 6.07) is 27.6. The molecular weight excluding hydrogens is 472 g/mol. The SMILES string of the molecule is CC1=C(CCC(c2ccccc2)c2ccccc2)C(c2cccc(Cl)c2)=C(C(N)=O)C(C)(C(=O)O)N1. The Morgan fingerprint density at radius 3 is 2.06 bits per heavy atom. The summed E-state index contributed by atoms with van der Waals surface area (Å²) in [6.07, 6.45) is 1.32. The first-order chi connectivity index (χ1) is 17.2. The first-order valence-electron chi connectivity index (χ1n) is 11.8. The van der Waals surface area contributed by atoms with Crippen LogP contribution in [0.3, 0.4) is 0 Å². The van der Waals surface area contributed by atoms with Crippen molar-refractivity contribution in [3.63, 3.8) is 0 Å². The molecule has 4 rings (SSSR count). The first-order valence-corrected chi connectivity index (χ1v) is 12.2. The second-order valence-corrected chi connectivity index (χ2v) is 9.63. The number of aliphatic carboxylic acids is 1. The number of carboxylic acid groups (broad SMARTS) is 1. The molecule has 0 bridgehead atoms. The number of carbonyl (C=O) groups is 2. The van der Waals surface area contributed by atoms with Gasteiger partial charge in [0.15, 0.2) is 5.54 Å². The number of nitrogens with two attached hydrogens (primary N) is 1. The van der Waals surface area contributed by atoms with Crippen molar-refractivity contribution in [2.45, 2.75) is 38.1 Å². The maximum Gasteiger partial charge on any atom is 0.333 e. The van der Waals surface area contributed by atoms with Crippen molar-refractivity contribution in [1.29, 1.82) is 0 Å². The topological polar surface area (TPSA) is 92.4 Å². The Labute approximate surface area is 216 Å². The highest BCUT2D eigenvalue weighted by atomic mass is 35.5. The Morgan fingerprint density at radius 1 is 0.972 bits per heavy atom. The van der Waals surface area contributed by atoms with Gasteiger partial charge in [0.1, 0.15) is 0 Å². The Balaban J connectivity index is 1.84. The zero-order chi connectivity index (χ0) is 25.9. The van der Waals surface area contributed by atoms with Crippen LogP contribution in [0.5, 0.6) is 0 Å². The third-order valence-electron chi connectivity index (χ3n) is 6.82. The molecule has 0 fully saturated rings. The Kier molecular flexibility index (Phi) is 7.32. The van der Waals surface area contributed by atoms with Crippen molar-refractivity contribution >= 4 is 29.1 Å². The molecule has 5 nitrogen and oxygen atoms in total. The molecule has 1 heterocycles. The lowest BCUT2D eigenvalue weighted by Crippen LogP contribution is -2.55. The second-order valence-electron chi connectivity index (χ2n) is 9.20. The number of halogens is 1. The normalized spacial score (nSPS) is 17.8. The van der Waals surface area contributed by atoms with Gasteiger partial charge in [0.25, 0.3) is 0 Å². The quantitative estimate of drug-likeness (QED) is 0.358. The zero-order valence-corrected chi connectivity index (χ0v) is 21.0. The van der Waals surface area contributed by atoms with E-state index in [1.54, 1.807) is 18.2 Å². The second kappa shape index (κ2) is 10.4. The van der Waals surface area contributed by atoms with Gasteiger partial charge >= 0.3 is 5.97 Å². The number of carbonyl (C=O) groups excluding carboxylic acids is 1. The molecule has 1 aliphatic rings. The molecule has 0 aliphatic carbocycles. The summed E-state index contributed by atoms with van der Waals surface area (Å²) >= 11 is 6.31. The molecule has 0 saturated heterocycles. The van der Waals surface area contributed by atoms with Gasteiger partial charge in [0.05, 0.1) is 5.57 Å². The van der Waals surface area contributed by atoms with E-state index in [-0.39, 0.29) is 11.5 Å². The molecule has 6 heteroatoms. The van der Waals surface area contributed by atoms with Crippen LogP contribution in [-0.4, -0.2) is 22.5 Å². The highest BCUT2D eigenvalue weighted by Gasteiger charge is 2.46. The van der Waals surface area contributed by atoms with E-state index in [4.69, 9.17) is 17.3 Å². The highest BCUT2D eigenvalue weighted by Crippen LogP contribution is 2.42. The van der Waals surface area contributed by atoms with Gasteiger partial charge in [-0.05, 0) is 66.7 Å². The maximum atomic E-state index is 12.8. The number of nitrogens with one attached hydrogen (secondary N) is 1. The standard InChI is InChI=1S/C30H29ClN2O3/c1-19-24(16-17-25(20-10-5-3-6-11-20)21-12-7-4-8-13-21)26(22-14-9-15-23(31)18-22)27(28(32)34)30(2,33-19)29(35)36/h3-15,18,25,33H,16-17H2,1-2H3,(H2,32,34)(H,35,36). The van der Waals surface area contributed by atoms with Crippen LogP contribution in [-0.2, 0) is 9.59 Å². The molecule has 0 spiro atoms. The summed E-state index contributed by atoms with van der Waals surface area (Å²) in [7, 11) is 0. The average Bonchev–Trinajstić information content (AvgIpc) is 2.86. The number of dihydropyridines is 1. The number of primary amides is 1. The molecular formula is C30H29ClN2O3. The van der Waals surface area contributed by atoms with Gasteiger partial charge in [-0.3, -0.25) is 4.79 Å². The van der Waals surface area contributed by atoms with Crippen LogP contribution < -0.4 is 11.1 Å². The number of hydrogen-bond donors (Lipinski definition) is 3. The summed E-state index contributed by atoms with van der Waals surface area (Å²) in [6.45, 7) is 3.32. The zero-order valence-electron chi connectivity index (χ0n) is 20.3. The summed E-state index contributed by atoms with van der Waals surface area (Å²) in [5, 5.41) is 13.7. The van der Waals surface area contributed by atoms with E-state index in [1.807, 2.05) is 49.4 Å². The third-order valence-corrected chi connectivity index (χ3v) is 7.05. The fraction of sp³-hybridized carbons (Fsp3) is 0.200. The Hall–Kier alpha value is -3.83. The largest absolute Gasteiger partial charge is 0.479 e. The molecule has 1 amide bonds. The van der Waals surface area contributed by atoms with Crippen molar-refractivity contribution in [2.24, 2.45) is 5.73 Å². The predicted molar refractivity (Wildman–Crippen MR) is 143 cm³/mol. The fourth-order valence-corrected chi connectivity index (χ4v) is 5.28. The molecule has 0 radical (unpaired) electrons. The lowest BCUT2D eigenvalue weighted by atomic mass is 9.76. The smallest absolute Gasteiger partial charge is 0.333 e. The monoisotopic (exact) mass is 500 g/mol. The van der Waals surface area contributed by atoms with Crippen LogP contribution in [0.1, 0.15) is 49.3 Å². The van der Waals surface area contributed by atoms with Crippen molar-refractivity contribution in [2.75, 3.05) is 0 Å². The molecule has 0 saturated carbocycles. The van der Waals surface area contributed by atoms with E-state index >= 15 is 0 Å². The number of rotatable bonds is 8. The van der Waals surface area contributed by atoms with E-state index in [0.29, 0.717) is 28.3 Å². The van der Waals surface area contributed by atoms with E-state index in [0.717, 1.165) is 12.0 Å². The number of allylic oxidation sites excluding steroid dienone is 3. The molecule has 36 heavy (non-hydrogen) atoms. The minimum absolute atomic E-state index is 0.0221. The number of hydrogen-bond acceptors (Lipinski definition) is 3. The van der Waals surface area contributed by atoms with Gasteiger partial charge in [0.2, 0.25) is 5.91 Å². The summed E-state index contributed by atoms with van der Waals surface area (Å²) in [4.78, 5) is 25.2. The lowest BCUT2D eigenvalue weighted by molar-refractivity contribution is -0.143. The first kappa shape index (κ1) is 25.3. The van der Waals surface area contributed by atoms with Crippen LogP contribution in [0.2, 0.25) is 5.02 Å². The summed E-state index contributed by atoms with van der Waals surface area (Å²) in [5.74, 6) is -1.85. The lowest BCUT2D eigenvalue weighted by Gasteiger charge is -2.37. The van der Waals surface area contributed by atoms with Crippen molar-refractivity contribution in [1.82, 2.24) is 5.32 Å². The highest BCUT2D eigenvalue weighted by molar-refractivity contribution is 6.30. The molecule has 3 aromatic rings. The molecule has 1 atom stereocenters. The average molecular weight is 501 g/mol. The van der Waals surface area contributed by atoms with Crippen LogP contribution in [0, 0.1) is 0 Å². The minimum Gasteiger partial charge on any atom is -0.479 e. The number of amides is 1. The fourth-order valence-electron chi connectivity index (χ4n) is 5.09.